The van der Waals surface area contributed by atoms with Gasteiger partial charge in [-0.05, 0) is 38.0 Å². The predicted molar refractivity (Wildman–Crippen MR) is 68.5 cm³/mol. The summed E-state index contributed by atoms with van der Waals surface area (Å²) in [6, 6.07) is 5.89. The smallest absolute Gasteiger partial charge is 0.0638 e. The van der Waals surface area contributed by atoms with E-state index in [4.69, 9.17) is 27.9 Å². The summed E-state index contributed by atoms with van der Waals surface area (Å²) in [6.07, 6.45) is 2.32. The summed E-state index contributed by atoms with van der Waals surface area (Å²) in [7, 11) is 0. The second kappa shape index (κ2) is 5.26. The molecule has 2 unspecified atom stereocenters. The van der Waals surface area contributed by atoms with E-state index in [0.29, 0.717) is 22.2 Å². The lowest BCUT2D eigenvalue weighted by molar-refractivity contribution is 0.0232. The van der Waals surface area contributed by atoms with Gasteiger partial charge in [-0.1, -0.05) is 23.2 Å². The molecule has 16 heavy (non-hydrogen) atoms. The van der Waals surface area contributed by atoms with Crippen LogP contribution in [0, 0.1) is 0 Å². The Hall–Kier alpha value is -0.440. The number of hydrogen-bond donors (Lipinski definition) is 1. The Balaban J connectivity index is 2.05. The van der Waals surface area contributed by atoms with Crippen molar-refractivity contribution in [1.29, 1.82) is 0 Å². The highest BCUT2D eigenvalue weighted by atomic mass is 35.5. The molecule has 4 heteroatoms. The summed E-state index contributed by atoms with van der Waals surface area (Å²) in [5.74, 6) is 0. The molecule has 1 saturated heterocycles. The number of ether oxygens (including phenoxy) is 1. The first-order valence-electron chi connectivity index (χ1n) is 5.48. The molecule has 0 amide bonds. The van der Waals surface area contributed by atoms with Crippen LogP contribution in [0.5, 0.6) is 0 Å². The van der Waals surface area contributed by atoms with Crippen LogP contribution in [0.3, 0.4) is 0 Å². The van der Waals surface area contributed by atoms with Crippen LogP contribution in [0.25, 0.3) is 0 Å². The van der Waals surface area contributed by atoms with Gasteiger partial charge in [-0.25, -0.2) is 0 Å². The second-order valence-electron chi connectivity index (χ2n) is 4.17. The van der Waals surface area contributed by atoms with Gasteiger partial charge in [0, 0.05) is 17.7 Å². The van der Waals surface area contributed by atoms with Crippen LogP contribution in [0.15, 0.2) is 18.2 Å². The number of rotatable bonds is 2. The first kappa shape index (κ1) is 12.0. The monoisotopic (exact) mass is 259 g/mol. The van der Waals surface area contributed by atoms with Crippen LogP contribution in [0.2, 0.25) is 10.0 Å². The van der Waals surface area contributed by atoms with E-state index in [9.17, 15) is 0 Å². The normalized spacial score (nSPS) is 25.4. The van der Waals surface area contributed by atoms with Gasteiger partial charge in [-0.2, -0.15) is 0 Å². The maximum atomic E-state index is 6.10. The van der Waals surface area contributed by atoms with Crippen LogP contribution < -0.4 is 5.32 Å². The highest BCUT2D eigenvalue weighted by molar-refractivity contribution is 6.35. The third kappa shape index (κ3) is 3.03. The lowest BCUT2D eigenvalue weighted by Gasteiger charge is -2.29. The molecule has 0 aromatic heterocycles. The molecule has 0 saturated carbocycles. The van der Waals surface area contributed by atoms with Gasteiger partial charge in [-0.15, -0.1) is 0 Å². The number of benzene rings is 1. The molecule has 0 radical (unpaired) electrons. The third-order valence-corrected chi connectivity index (χ3v) is 3.34. The molecule has 88 valence electrons. The molecule has 0 aliphatic carbocycles. The molecular formula is C12H15Cl2NO. The number of halogens is 2. The lowest BCUT2D eigenvalue weighted by atomic mass is 10.0. The molecule has 1 aliphatic heterocycles. The molecule has 2 rings (SSSR count). The Morgan fingerprint density at radius 3 is 2.94 bits per heavy atom. The van der Waals surface area contributed by atoms with Crippen molar-refractivity contribution >= 4 is 28.9 Å². The van der Waals surface area contributed by atoms with Crippen molar-refractivity contribution in [1.82, 2.24) is 0 Å². The Bertz CT molecular complexity index is 370. The van der Waals surface area contributed by atoms with Gasteiger partial charge in [-0.3, -0.25) is 0 Å². The van der Waals surface area contributed by atoms with Crippen LogP contribution in [0.4, 0.5) is 5.69 Å². The van der Waals surface area contributed by atoms with Crippen molar-refractivity contribution in [2.75, 3.05) is 11.9 Å². The minimum atomic E-state index is 0.309. The summed E-state index contributed by atoms with van der Waals surface area (Å²) < 4.78 is 5.50. The summed E-state index contributed by atoms with van der Waals surface area (Å²) in [5, 5.41) is 4.84. The largest absolute Gasteiger partial charge is 0.381 e. The fourth-order valence-corrected chi connectivity index (χ4v) is 2.30. The van der Waals surface area contributed by atoms with Crippen LogP contribution in [-0.2, 0) is 4.74 Å². The van der Waals surface area contributed by atoms with Crippen LogP contribution >= 0.6 is 23.2 Å². The standard InChI is InChI=1S/C12H15Cl2NO/c1-8-6-10(4-5-16-8)15-12-7-9(13)2-3-11(12)14/h2-3,7-8,10,15H,4-6H2,1H3. The van der Waals surface area contributed by atoms with Gasteiger partial charge >= 0.3 is 0 Å². The Kier molecular flexibility index (Phi) is 3.95. The molecule has 2 atom stereocenters. The SMILES string of the molecule is CC1CC(Nc2cc(Cl)ccc2Cl)CCO1. The van der Waals surface area contributed by atoms with E-state index < -0.39 is 0 Å². The van der Waals surface area contributed by atoms with Crippen molar-refractivity contribution in [2.45, 2.75) is 31.9 Å². The van der Waals surface area contributed by atoms with E-state index in [2.05, 4.69) is 12.2 Å². The average molecular weight is 260 g/mol. The van der Waals surface area contributed by atoms with Crippen molar-refractivity contribution in [2.24, 2.45) is 0 Å². The molecule has 0 bridgehead atoms. The van der Waals surface area contributed by atoms with E-state index in [0.717, 1.165) is 25.1 Å². The zero-order valence-electron chi connectivity index (χ0n) is 9.17. The third-order valence-electron chi connectivity index (χ3n) is 2.77. The molecule has 1 aromatic carbocycles. The lowest BCUT2D eigenvalue weighted by Crippen LogP contribution is -2.32. The van der Waals surface area contributed by atoms with E-state index in [1.54, 1.807) is 6.07 Å². The quantitative estimate of drug-likeness (QED) is 0.868. The van der Waals surface area contributed by atoms with Gasteiger partial charge in [0.15, 0.2) is 0 Å². The molecule has 1 heterocycles. The minimum absolute atomic E-state index is 0.309. The maximum absolute atomic E-state index is 6.10. The molecule has 1 aromatic rings. The van der Waals surface area contributed by atoms with E-state index >= 15 is 0 Å². The molecule has 1 fully saturated rings. The van der Waals surface area contributed by atoms with Gasteiger partial charge in [0.2, 0.25) is 0 Å². The first-order chi connectivity index (χ1) is 7.65. The van der Waals surface area contributed by atoms with Crippen molar-refractivity contribution in [3.8, 4) is 0 Å². The summed E-state index contributed by atoms with van der Waals surface area (Å²) in [6.45, 7) is 2.89. The molecular weight excluding hydrogens is 245 g/mol. The van der Waals surface area contributed by atoms with E-state index in [1.165, 1.54) is 0 Å². The zero-order chi connectivity index (χ0) is 11.5. The van der Waals surface area contributed by atoms with Gasteiger partial charge < -0.3 is 10.1 Å². The van der Waals surface area contributed by atoms with Gasteiger partial charge in [0.05, 0.1) is 16.8 Å². The fourth-order valence-electron chi connectivity index (χ4n) is 1.96. The Morgan fingerprint density at radius 1 is 1.38 bits per heavy atom. The minimum Gasteiger partial charge on any atom is -0.381 e. The van der Waals surface area contributed by atoms with E-state index in [-0.39, 0.29) is 0 Å². The van der Waals surface area contributed by atoms with E-state index in [1.807, 2.05) is 12.1 Å². The molecule has 1 N–H and O–H groups in total. The van der Waals surface area contributed by atoms with Gasteiger partial charge in [0.25, 0.3) is 0 Å². The van der Waals surface area contributed by atoms with Crippen molar-refractivity contribution in [3.63, 3.8) is 0 Å². The van der Waals surface area contributed by atoms with Gasteiger partial charge in [0.1, 0.15) is 0 Å². The highest BCUT2D eigenvalue weighted by Crippen LogP contribution is 2.28. The first-order valence-corrected chi connectivity index (χ1v) is 6.24. The topological polar surface area (TPSA) is 21.3 Å². The number of anilines is 1. The average Bonchev–Trinajstić information content (AvgIpc) is 2.24. The molecule has 1 aliphatic rings. The summed E-state index contributed by atoms with van der Waals surface area (Å²) >= 11 is 12.0. The fraction of sp³-hybridized carbons (Fsp3) is 0.500. The number of hydrogen-bond acceptors (Lipinski definition) is 2. The van der Waals surface area contributed by atoms with Crippen LogP contribution in [-0.4, -0.2) is 18.8 Å². The maximum Gasteiger partial charge on any atom is 0.0638 e. The molecule has 0 spiro atoms. The van der Waals surface area contributed by atoms with Crippen LogP contribution in [0.1, 0.15) is 19.8 Å². The predicted octanol–water partition coefficient (Wildman–Crippen LogP) is 3.97. The zero-order valence-corrected chi connectivity index (χ0v) is 10.7. The second-order valence-corrected chi connectivity index (χ2v) is 5.01. The van der Waals surface area contributed by atoms with Crippen molar-refractivity contribution in [3.05, 3.63) is 28.2 Å². The summed E-state index contributed by atoms with van der Waals surface area (Å²) in [4.78, 5) is 0. The van der Waals surface area contributed by atoms with Crippen molar-refractivity contribution < 1.29 is 4.74 Å². The molecule has 2 nitrogen and oxygen atoms in total. The Morgan fingerprint density at radius 2 is 2.19 bits per heavy atom. The highest BCUT2D eigenvalue weighted by Gasteiger charge is 2.19. The summed E-state index contributed by atoms with van der Waals surface area (Å²) in [5.41, 5.74) is 0.910. The number of nitrogens with one attached hydrogen (secondary N) is 1. The Labute approximate surface area is 106 Å².